The monoisotopic (exact) mass is 331 g/mol. The van der Waals surface area contributed by atoms with Crippen molar-refractivity contribution in [2.45, 2.75) is 19.3 Å². The van der Waals surface area contributed by atoms with Gasteiger partial charge in [-0.1, -0.05) is 17.4 Å². The van der Waals surface area contributed by atoms with Crippen LogP contribution >= 0.6 is 11.3 Å². The molecule has 6 heteroatoms. The molecule has 0 saturated carbocycles. The minimum absolute atomic E-state index is 0.127. The molecule has 23 heavy (non-hydrogen) atoms. The summed E-state index contributed by atoms with van der Waals surface area (Å²) >= 11 is 1.68. The highest BCUT2D eigenvalue weighted by Crippen LogP contribution is 2.36. The van der Waals surface area contributed by atoms with Crippen LogP contribution in [0.15, 0.2) is 18.2 Å². The quantitative estimate of drug-likeness (QED) is 0.867. The van der Waals surface area contributed by atoms with Crippen LogP contribution in [-0.2, 0) is 4.79 Å². The van der Waals surface area contributed by atoms with Gasteiger partial charge in [-0.25, -0.2) is 4.98 Å². The van der Waals surface area contributed by atoms with Crippen LogP contribution in [0.25, 0.3) is 10.2 Å². The van der Waals surface area contributed by atoms with Gasteiger partial charge in [0.25, 0.3) is 0 Å². The second-order valence-electron chi connectivity index (χ2n) is 6.27. The number of carbonyl (C=O) groups is 1. The van der Waals surface area contributed by atoms with E-state index in [1.54, 1.807) is 18.4 Å². The lowest BCUT2D eigenvalue weighted by Crippen LogP contribution is -2.35. The number of nitrogens with zero attached hydrogens (tertiary/aromatic N) is 3. The number of para-hydroxylation sites is 1. The molecule has 2 aliphatic rings. The molecule has 1 aromatic carbocycles. The van der Waals surface area contributed by atoms with E-state index in [1.165, 1.54) is 0 Å². The molecule has 4 rings (SSSR count). The lowest BCUT2D eigenvalue weighted by molar-refractivity contribution is -0.133. The second kappa shape index (κ2) is 6.00. The number of likely N-dealkylation sites (tertiary alicyclic amines) is 1. The predicted octanol–water partition coefficient (Wildman–Crippen LogP) is 2.75. The van der Waals surface area contributed by atoms with Crippen LogP contribution in [0.2, 0.25) is 0 Å². The number of thiazole rings is 1. The van der Waals surface area contributed by atoms with E-state index in [4.69, 9.17) is 9.72 Å². The standard InChI is InChI=1S/C17H21N3O2S/c1-22-13-5-4-6-14-15(13)18-17(23-14)20-10-7-12(11-20)16(21)19-8-2-3-9-19/h4-6,12H,2-3,7-11H2,1H3. The van der Waals surface area contributed by atoms with Gasteiger partial charge in [-0.05, 0) is 31.4 Å². The summed E-state index contributed by atoms with van der Waals surface area (Å²) in [6.45, 7) is 3.57. The van der Waals surface area contributed by atoms with E-state index >= 15 is 0 Å². The summed E-state index contributed by atoms with van der Waals surface area (Å²) in [4.78, 5) is 21.6. The normalized spacial score (nSPS) is 21.3. The van der Waals surface area contributed by atoms with Gasteiger partial charge in [-0.15, -0.1) is 0 Å². The lowest BCUT2D eigenvalue weighted by atomic mass is 10.1. The summed E-state index contributed by atoms with van der Waals surface area (Å²) in [6, 6.07) is 6.00. The first-order valence-electron chi connectivity index (χ1n) is 8.23. The van der Waals surface area contributed by atoms with Crippen LogP contribution in [0.4, 0.5) is 5.13 Å². The third kappa shape index (κ3) is 2.65. The van der Waals surface area contributed by atoms with Gasteiger partial charge in [0.2, 0.25) is 5.91 Å². The first kappa shape index (κ1) is 14.8. The molecule has 0 radical (unpaired) electrons. The molecule has 0 bridgehead atoms. The van der Waals surface area contributed by atoms with Crippen LogP contribution in [0.5, 0.6) is 5.75 Å². The van der Waals surface area contributed by atoms with Gasteiger partial charge in [0.15, 0.2) is 5.13 Å². The lowest BCUT2D eigenvalue weighted by Gasteiger charge is -2.20. The first-order chi connectivity index (χ1) is 11.3. The zero-order valence-corrected chi connectivity index (χ0v) is 14.1. The van der Waals surface area contributed by atoms with Crippen molar-refractivity contribution < 1.29 is 9.53 Å². The SMILES string of the molecule is COc1cccc2sc(N3CCC(C(=O)N4CCCC4)C3)nc12. The van der Waals surface area contributed by atoms with Crippen molar-refractivity contribution in [1.29, 1.82) is 0 Å². The molecule has 0 aliphatic carbocycles. The van der Waals surface area contributed by atoms with Crippen molar-refractivity contribution in [1.82, 2.24) is 9.88 Å². The second-order valence-corrected chi connectivity index (χ2v) is 7.28. The fourth-order valence-corrected chi connectivity index (χ4v) is 4.56. The maximum atomic E-state index is 12.6. The number of carbonyl (C=O) groups excluding carboxylic acids is 1. The maximum Gasteiger partial charge on any atom is 0.227 e. The summed E-state index contributed by atoms with van der Waals surface area (Å²) in [6.07, 6.45) is 3.24. The Balaban J connectivity index is 1.52. The molecule has 0 N–H and O–H groups in total. The minimum Gasteiger partial charge on any atom is -0.494 e. The molecule has 2 fully saturated rings. The predicted molar refractivity (Wildman–Crippen MR) is 92.3 cm³/mol. The topological polar surface area (TPSA) is 45.7 Å². The van der Waals surface area contributed by atoms with Crippen molar-refractivity contribution in [3.8, 4) is 5.75 Å². The van der Waals surface area contributed by atoms with Gasteiger partial charge in [0, 0.05) is 26.2 Å². The van der Waals surface area contributed by atoms with E-state index in [-0.39, 0.29) is 5.92 Å². The van der Waals surface area contributed by atoms with Crippen LogP contribution in [-0.4, -0.2) is 49.1 Å². The van der Waals surface area contributed by atoms with E-state index < -0.39 is 0 Å². The highest BCUT2D eigenvalue weighted by Gasteiger charge is 2.33. The summed E-state index contributed by atoms with van der Waals surface area (Å²) in [5.74, 6) is 1.28. The Morgan fingerprint density at radius 2 is 2.13 bits per heavy atom. The summed E-state index contributed by atoms with van der Waals surface area (Å²) in [7, 11) is 1.67. The van der Waals surface area contributed by atoms with Crippen molar-refractivity contribution in [2.24, 2.45) is 5.92 Å². The number of aromatic nitrogens is 1. The summed E-state index contributed by atoms with van der Waals surface area (Å²) < 4.78 is 6.53. The van der Waals surface area contributed by atoms with Crippen molar-refractivity contribution >= 4 is 32.6 Å². The zero-order chi connectivity index (χ0) is 15.8. The number of benzene rings is 1. The fourth-order valence-electron chi connectivity index (χ4n) is 3.54. The van der Waals surface area contributed by atoms with Gasteiger partial charge < -0.3 is 14.5 Å². The van der Waals surface area contributed by atoms with E-state index in [0.717, 1.165) is 66.5 Å². The largest absolute Gasteiger partial charge is 0.494 e. The molecule has 1 unspecified atom stereocenters. The number of ether oxygens (including phenoxy) is 1. The average Bonchev–Trinajstić information content (AvgIpc) is 3.32. The van der Waals surface area contributed by atoms with Gasteiger partial charge >= 0.3 is 0 Å². The Bertz CT molecular complexity index is 724. The fraction of sp³-hybridized carbons (Fsp3) is 0.529. The molecule has 1 amide bonds. The molecule has 5 nitrogen and oxygen atoms in total. The number of methoxy groups -OCH3 is 1. The highest BCUT2D eigenvalue weighted by atomic mass is 32.1. The maximum absolute atomic E-state index is 12.6. The third-order valence-electron chi connectivity index (χ3n) is 4.82. The van der Waals surface area contributed by atoms with E-state index in [9.17, 15) is 4.79 Å². The Hall–Kier alpha value is -1.82. The van der Waals surface area contributed by atoms with Gasteiger partial charge in [0.05, 0.1) is 17.7 Å². The number of rotatable bonds is 3. The summed E-state index contributed by atoms with van der Waals surface area (Å²) in [5, 5.41) is 1.00. The first-order valence-corrected chi connectivity index (χ1v) is 9.05. The third-order valence-corrected chi connectivity index (χ3v) is 5.90. The number of fused-ring (bicyclic) bond motifs is 1. The Morgan fingerprint density at radius 1 is 1.30 bits per heavy atom. The number of hydrogen-bond acceptors (Lipinski definition) is 5. The van der Waals surface area contributed by atoms with E-state index in [1.807, 2.05) is 17.0 Å². The van der Waals surface area contributed by atoms with Crippen molar-refractivity contribution in [2.75, 3.05) is 38.2 Å². The molecule has 0 spiro atoms. The molecule has 1 atom stereocenters. The number of hydrogen-bond donors (Lipinski definition) is 0. The Morgan fingerprint density at radius 3 is 2.91 bits per heavy atom. The molecule has 2 aliphatic heterocycles. The van der Waals surface area contributed by atoms with E-state index in [2.05, 4.69) is 11.0 Å². The van der Waals surface area contributed by atoms with E-state index in [0.29, 0.717) is 5.91 Å². The molecule has 2 aromatic rings. The van der Waals surface area contributed by atoms with Crippen LogP contribution in [0.1, 0.15) is 19.3 Å². The van der Waals surface area contributed by atoms with Gasteiger partial charge in [0.1, 0.15) is 11.3 Å². The number of anilines is 1. The zero-order valence-electron chi connectivity index (χ0n) is 13.3. The molecule has 2 saturated heterocycles. The smallest absolute Gasteiger partial charge is 0.227 e. The Labute approximate surface area is 139 Å². The van der Waals surface area contributed by atoms with Gasteiger partial charge in [-0.3, -0.25) is 4.79 Å². The van der Waals surface area contributed by atoms with Crippen molar-refractivity contribution in [3.05, 3.63) is 18.2 Å². The molecular formula is C17H21N3O2S. The van der Waals surface area contributed by atoms with Crippen LogP contribution in [0, 0.1) is 5.92 Å². The van der Waals surface area contributed by atoms with Crippen molar-refractivity contribution in [3.63, 3.8) is 0 Å². The van der Waals surface area contributed by atoms with Crippen LogP contribution in [0.3, 0.4) is 0 Å². The highest BCUT2D eigenvalue weighted by molar-refractivity contribution is 7.22. The van der Waals surface area contributed by atoms with Gasteiger partial charge in [-0.2, -0.15) is 0 Å². The minimum atomic E-state index is 0.127. The molecule has 122 valence electrons. The molecular weight excluding hydrogens is 310 g/mol. The van der Waals surface area contributed by atoms with Crippen LogP contribution < -0.4 is 9.64 Å². The number of amides is 1. The average molecular weight is 331 g/mol. The summed E-state index contributed by atoms with van der Waals surface area (Å²) in [5.41, 5.74) is 0.921. The molecule has 1 aromatic heterocycles. The Kier molecular flexibility index (Phi) is 3.85. The molecule has 3 heterocycles.